The van der Waals surface area contributed by atoms with Crippen molar-refractivity contribution in [2.45, 2.75) is 0 Å². The van der Waals surface area contributed by atoms with E-state index in [4.69, 9.17) is 9.15 Å². The monoisotopic (exact) mass is 263 g/mol. The van der Waals surface area contributed by atoms with E-state index in [0.717, 1.165) is 0 Å². The molecule has 0 amide bonds. The van der Waals surface area contributed by atoms with Gasteiger partial charge in [0, 0.05) is 6.21 Å². The Kier molecular flexibility index (Phi) is 2.23. The van der Waals surface area contributed by atoms with Crippen LogP contribution in [0.15, 0.2) is 62.7 Å². The largest absolute Gasteiger partial charge is 0.425 e. The Morgan fingerprint density at radius 1 is 0.950 bits per heavy atom. The molecule has 3 aromatic rings. The molecule has 0 spiro atoms. The van der Waals surface area contributed by atoms with Crippen molar-refractivity contribution in [1.82, 2.24) is 0 Å². The van der Waals surface area contributed by atoms with E-state index in [1.807, 2.05) is 24.3 Å². The summed E-state index contributed by atoms with van der Waals surface area (Å²) in [5.41, 5.74) is 1.37. The van der Waals surface area contributed by atoms with Gasteiger partial charge < -0.3 is 9.15 Å². The Hall–Kier alpha value is -2.88. The van der Waals surface area contributed by atoms with E-state index in [1.165, 1.54) is 6.21 Å². The van der Waals surface area contributed by atoms with Gasteiger partial charge in [-0.3, -0.25) is 9.79 Å². The molecule has 4 rings (SSSR count). The molecule has 0 saturated heterocycles. The molecule has 0 saturated carbocycles. The van der Waals surface area contributed by atoms with Gasteiger partial charge in [0.25, 0.3) is 0 Å². The second kappa shape index (κ2) is 4.06. The molecule has 0 atom stereocenters. The number of fused-ring (bicyclic) bond motifs is 3. The summed E-state index contributed by atoms with van der Waals surface area (Å²) in [6.07, 6.45) is 1.50. The van der Waals surface area contributed by atoms with Crippen LogP contribution >= 0.6 is 0 Å². The van der Waals surface area contributed by atoms with E-state index >= 15 is 0 Å². The van der Waals surface area contributed by atoms with E-state index in [-0.39, 0.29) is 11.4 Å². The molecule has 0 N–H and O–H groups in total. The number of hydrogen-bond acceptors (Lipinski definition) is 4. The van der Waals surface area contributed by atoms with Crippen molar-refractivity contribution < 1.29 is 9.15 Å². The molecule has 0 radical (unpaired) electrons. The van der Waals surface area contributed by atoms with Crippen LogP contribution in [0.25, 0.3) is 11.0 Å². The quantitative estimate of drug-likeness (QED) is 0.486. The van der Waals surface area contributed by atoms with Gasteiger partial charge in [-0.2, -0.15) is 0 Å². The molecule has 0 unspecified atom stereocenters. The first-order chi connectivity index (χ1) is 9.83. The van der Waals surface area contributed by atoms with Gasteiger partial charge in [-0.1, -0.05) is 24.3 Å². The van der Waals surface area contributed by atoms with Crippen LogP contribution < -0.4 is 10.2 Å². The topological polar surface area (TPSA) is 51.8 Å². The highest BCUT2D eigenvalue weighted by atomic mass is 16.6. The van der Waals surface area contributed by atoms with Crippen molar-refractivity contribution in [1.29, 1.82) is 0 Å². The minimum absolute atomic E-state index is 0.140. The molecule has 4 nitrogen and oxygen atoms in total. The van der Waals surface area contributed by atoms with E-state index in [1.54, 1.807) is 24.3 Å². The fourth-order valence-corrected chi connectivity index (χ4v) is 2.21. The standard InChI is InChI=1S/C16H9NO3/c18-15-10-5-1-3-7-13(10)19-16-11(15)9-17-12-6-2-4-8-14(12)20-16/h1-9H. The lowest BCUT2D eigenvalue weighted by atomic mass is 10.2. The number of para-hydroxylation sites is 3. The smallest absolute Gasteiger partial charge is 0.303 e. The zero-order valence-electron chi connectivity index (χ0n) is 10.4. The van der Waals surface area contributed by atoms with Crippen molar-refractivity contribution in [2.75, 3.05) is 0 Å². The molecule has 4 heteroatoms. The Morgan fingerprint density at radius 3 is 2.70 bits per heavy atom. The van der Waals surface area contributed by atoms with E-state index < -0.39 is 0 Å². The fourth-order valence-electron chi connectivity index (χ4n) is 2.21. The third-order valence-corrected chi connectivity index (χ3v) is 3.20. The molecule has 0 aliphatic carbocycles. The number of hydrogen-bond donors (Lipinski definition) is 0. The molecule has 20 heavy (non-hydrogen) atoms. The number of benzene rings is 2. The van der Waals surface area contributed by atoms with Crippen LogP contribution in [0.4, 0.5) is 5.69 Å². The molecule has 2 heterocycles. The third-order valence-electron chi connectivity index (χ3n) is 3.20. The summed E-state index contributed by atoms with van der Waals surface area (Å²) < 4.78 is 11.4. The number of nitrogens with zero attached hydrogens (tertiary/aromatic N) is 1. The van der Waals surface area contributed by atoms with Crippen LogP contribution in [0, 0.1) is 0 Å². The zero-order valence-corrected chi connectivity index (χ0v) is 10.4. The highest BCUT2D eigenvalue weighted by Gasteiger charge is 2.18. The van der Waals surface area contributed by atoms with Crippen molar-refractivity contribution in [3.63, 3.8) is 0 Å². The van der Waals surface area contributed by atoms with E-state index in [2.05, 4.69) is 4.99 Å². The fraction of sp³-hybridized carbons (Fsp3) is 0. The normalized spacial score (nSPS) is 12.4. The average Bonchev–Trinajstić information content (AvgIpc) is 2.66. The lowest BCUT2D eigenvalue weighted by molar-refractivity contribution is 0.355. The first-order valence-electron chi connectivity index (χ1n) is 6.20. The van der Waals surface area contributed by atoms with Crippen LogP contribution in [0.3, 0.4) is 0 Å². The lowest BCUT2D eigenvalue weighted by Gasteiger charge is -2.07. The Bertz CT molecular complexity index is 909. The summed E-state index contributed by atoms with van der Waals surface area (Å²) in [6, 6.07) is 14.4. The SMILES string of the molecule is O=c1c2c(oc3ccccc13)Oc1ccccc1N=C2. The van der Waals surface area contributed by atoms with Gasteiger partial charge >= 0.3 is 5.95 Å². The third kappa shape index (κ3) is 1.55. The van der Waals surface area contributed by atoms with Crippen LogP contribution in [-0.2, 0) is 0 Å². The Balaban J connectivity index is 2.05. The highest BCUT2D eigenvalue weighted by Crippen LogP contribution is 2.35. The van der Waals surface area contributed by atoms with Gasteiger partial charge in [0.1, 0.15) is 16.8 Å². The van der Waals surface area contributed by atoms with Gasteiger partial charge in [-0.15, -0.1) is 0 Å². The van der Waals surface area contributed by atoms with Gasteiger partial charge in [-0.05, 0) is 24.3 Å². The van der Waals surface area contributed by atoms with Crippen LogP contribution in [0.5, 0.6) is 11.7 Å². The Morgan fingerprint density at radius 2 is 1.75 bits per heavy atom. The number of ether oxygens (including phenoxy) is 1. The maximum Gasteiger partial charge on any atom is 0.303 e. The molecule has 0 bridgehead atoms. The molecule has 1 aliphatic rings. The Labute approximate surface area is 114 Å². The van der Waals surface area contributed by atoms with E-state index in [9.17, 15) is 4.79 Å². The summed E-state index contributed by atoms with van der Waals surface area (Å²) in [4.78, 5) is 16.7. The predicted molar refractivity (Wildman–Crippen MR) is 76.3 cm³/mol. The van der Waals surface area contributed by atoms with Crippen molar-refractivity contribution >= 4 is 22.9 Å². The number of aliphatic imine (C=N–C) groups is 1. The molecule has 96 valence electrons. The van der Waals surface area contributed by atoms with Gasteiger partial charge in [0.15, 0.2) is 5.75 Å². The summed E-state index contributed by atoms with van der Waals surface area (Å²) in [5, 5.41) is 0.521. The predicted octanol–water partition coefficient (Wildman–Crippen LogP) is 3.65. The van der Waals surface area contributed by atoms with Crippen LogP contribution in [0.1, 0.15) is 5.56 Å². The highest BCUT2D eigenvalue weighted by molar-refractivity contribution is 5.91. The van der Waals surface area contributed by atoms with Crippen LogP contribution in [0.2, 0.25) is 0 Å². The maximum atomic E-state index is 12.4. The molecule has 1 aromatic heterocycles. The first-order valence-corrected chi connectivity index (χ1v) is 6.20. The summed E-state index contributed by atoms with van der Waals surface area (Å²) in [7, 11) is 0. The average molecular weight is 263 g/mol. The van der Waals surface area contributed by atoms with Crippen LogP contribution in [-0.4, -0.2) is 6.21 Å². The molecule has 0 fully saturated rings. The van der Waals surface area contributed by atoms with Gasteiger partial charge in [0.2, 0.25) is 5.43 Å². The van der Waals surface area contributed by atoms with Gasteiger partial charge in [0.05, 0.1) is 5.39 Å². The number of rotatable bonds is 0. The summed E-state index contributed by atoms with van der Waals surface area (Å²) in [5.74, 6) is 0.753. The van der Waals surface area contributed by atoms with Crippen molar-refractivity contribution in [2.24, 2.45) is 4.99 Å². The first kappa shape index (κ1) is 11.0. The van der Waals surface area contributed by atoms with E-state index in [0.29, 0.717) is 28.0 Å². The van der Waals surface area contributed by atoms with Crippen molar-refractivity contribution in [3.8, 4) is 11.7 Å². The molecule has 2 aromatic carbocycles. The van der Waals surface area contributed by atoms with Gasteiger partial charge in [-0.25, -0.2) is 0 Å². The van der Waals surface area contributed by atoms with Crippen molar-refractivity contribution in [3.05, 3.63) is 64.3 Å². The maximum absolute atomic E-state index is 12.4. The zero-order chi connectivity index (χ0) is 13.5. The lowest BCUT2D eigenvalue weighted by Crippen LogP contribution is -2.09. The second-order valence-electron chi connectivity index (χ2n) is 4.46. The summed E-state index contributed by atoms with van der Waals surface area (Å²) >= 11 is 0. The second-order valence-corrected chi connectivity index (χ2v) is 4.46. The summed E-state index contributed by atoms with van der Waals surface area (Å²) in [6.45, 7) is 0. The minimum Gasteiger partial charge on any atom is -0.425 e. The molecule has 1 aliphatic heterocycles. The molecular weight excluding hydrogens is 254 g/mol. The minimum atomic E-state index is -0.140. The molecular formula is C16H9NO3.